The smallest absolute Gasteiger partial charge is 0.223 e. The van der Waals surface area contributed by atoms with Gasteiger partial charge in [-0.05, 0) is 74.8 Å². The van der Waals surface area contributed by atoms with Crippen molar-refractivity contribution < 1.29 is 19.1 Å². The van der Waals surface area contributed by atoms with Crippen LogP contribution in [0.25, 0.3) is 0 Å². The third kappa shape index (κ3) is 2.78. The lowest BCUT2D eigenvalue weighted by molar-refractivity contribution is -0.200. The van der Waals surface area contributed by atoms with Crippen LogP contribution in [0.2, 0.25) is 0 Å². The number of carbonyl (C=O) groups is 1. The summed E-state index contributed by atoms with van der Waals surface area (Å²) < 4.78 is 12.1. The number of rotatable bonds is 6. The summed E-state index contributed by atoms with van der Waals surface area (Å²) in [5, 5.41) is 12.5. The van der Waals surface area contributed by atoms with Gasteiger partial charge >= 0.3 is 0 Å². The quantitative estimate of drug-likeness (QED) is 0.714. The highest BCUT2D eigenvalue weighted by Crippen LogP contribution is 2.64. The van der Waals surface area contributed by atoms with Crippen LogP contribution >= 0.6 is 0 Å². The molecule has 6 heteroatoms. The molecule has 5 aliphatic rings. The fourth-order valence-corrected chi connectivity index (χ4v) is 7.87. The van der Waals surface area contributed by atoms with E-state index in [1.54, 1.807) is 6.26 Å². The van der Waals surface area contributed by atoms with Crippen molar-refractivity contribution in [2.75, 3.05) is 20.1 Å². The number of hydrogen-bond donors (Lipinski definition) is 1. The Labute approximate surface area is 200 Å². The fourth-order valence-electron chi connectivity index (χ4n) is 7.87. The molecule has 6 nitrogen and oxygen atoms in total. The largest absolute Gasteiger partial charge is 0.487 e. The number of furan rings is 1. The zero-order valence-corrected chi connectivity index (χ0v) is 19.9. The average Bonchev–Trinajstić information content (AvgIpc) is 3.35. The number of amides is 1. The lowest BCUT2D eigenvalue weighted by Gasteiger charge is -2.64. The van der Waals surface area contributed by atoms with Gasteiger partial charge in [0.05, 0.1) is 23.3 Å². The topological polar surface area (TPSA) is 66.2 Å². The van der Waals surface area contributed by atoms with Crippen LogP contribution in [-0.2, 0) is 23.1 Å². The summed E-state index contributed by atoms with van der Waals surface area (Å²) in [6.45, 7) is 2.11. The molecule has 2 saturated carbocycles. The van der Waals surface area contributed by atoms with Crippen LogP contribution in [0.4, 0.5) is 0 Å². The molecule has 2 bridgehead atoms. The van der Waals surface area contributed by atoms with Crippen LogP contribution in [0.5, 0.6) is 5.75 Å². The fraction of sp³-hybridized carbons (Fsp3) is 0.607. The molecule has 1 saturated heterocycles. The van der Waals surface area contributed by atoms with Crippen LogP contribution in [0.15, 0.2) is 41.0 Å². The second kappa shape index (κ2) is 7.34. The number of nitrogens with zero attached hydrogens (tertiary/aromatic N) is 2. The molecule has 5 atom stereocenters. The Balaban J connectivity index is 1.23. The first-order chi connectivity index (χ1) is 16.5. The number of aryl methyl sites for hydroxylation is 1. The van der Waals surface area contributed by atoms with Crippen molar-refractivity contribution in [3.8, 4) is 5.75 Å². The van der Waals surface area contributed by atoms with Crippen molar-refractivity contribution in [1.29, 1.82) is 0 Å². The number of hydrogen-bond acceptors (Lipinski definition) is 5. The minimum atomic E-state index is -0.807. The minimum absolute atomic E-state index is 0.0432. The van der Waals surface area contributed by atoms with E-state index < -0.39 is 11.0 Å². The summed E-state index contributed by atoms with van der Waals surface area (Å²) in [6.07, 6.45) is 8.40. The van der Waals surface area contributed by atoms with E-state index >= 15 is 0 Å². The molecule has 3 fully saturated rings. The lowest BCUT2D eigenvalue weighted by atomic mass is 9.48. The molecule has 3 heterocycles. The van der Waals surface area contributed by atoms with Crippen molar-refractivity contribution in [3.63, 3.8) is 0 Å². The van der Waals surface area contributed by atoms with Crippen LogP contribution < -0.4 is 4.74 Å². The zero-order chi connectivity index (χ0) is 23.1. The normalized spacial score (nSPS) is 35.5. The Morgan fingerprint density at radius 2 is 2.09 bits per heavy atom. The average molecular weight is 463 g/mol. The second-order valence-corrected chi connectivity index (χ2v) is 11.3. The van der Waals surface area contributed by atoms with E-state index in [1.165, 1.54) is 24.0 Å². The summed E-state index contributed by atoms with van der Waals surface area (Å²) in [5.74, 6) is 2.68. The molecule has 0 radical (unpaired) electrons. The van der Waals surface area contributed by atoms with E-state index in [0.717, 1.165) is 49.8 Å². The first-order valence-corrected chi connectivity index (χ1v) is 13.0. The number of likely N-dealkylation sites (N-methyl/N-ethyl adjacent to an activating group) is 1. The highest BCUT2D eigenvalue weighted by atomic mass is 16.5. The zero-order valence-electron chi connectivity index (χ0n) is 19.9. The standard InChI is InChI=1S/C28H34N2O4/c1-29(24(31)10-9-20-5-3-15-33-20)21-11-12-28(32)23-16-19-4-2-6-22-25(19)27(28,26(21)34-22)13-14-30(23)17-18-7-8-18/h2-6,15,18,21,23,26,32H,7-14,16-17H2,1H3/t21-,23+,26-,27-,28+/m0/s1. The van der Waals surface area contributed by atoms with Crippen LogP contribution in [0, 0.1) is 5.92 Å². The Bertz CT molecular complexity index is 1110. The first kappa shape index (κ1) is 21.0. The summed E-state index contributed by atoms with van der Waals surface area (Å²) in [4.78, 5) is 17.8. The van der Waals surface area contributed by atoms with Gasteiger partial charge in [-0.3, -0.25) is 9.69 Å². The van der Waals surface area contributed by atoms with Gasteiger partial charge in [0.2, 0.25) is 5.91 Å². The molecule has 2 aliphatic heterocycles. The molecule has 0 unspecified atom stereocenters. The molecule has 1 aromatic carbocycles. The van der Waals surface area contributed by atoms with E-state index in [9.17, 15) is 9.90 Å². The number of likely N-dealkylation sites (tertiary alicyclic amines) is 1. The van der Waals surface area contributed by atoms with Crippen molar-refractivity contribution >= 4 is 5.91 Å². The van der Waals surface area contributed by atoms with Crippen molar-refractivity contribution in [2.24, 2.45) is 5.92 Å². The molecular formula is C28H34N2O4. The summed E-state index contributed by atoms with van der Waals surface area (Å²) >= 11 is 0. The third-order valence-corrected chi connectivity index (χ3v) is 9.69. The molecule has 180 valence electrons. The Morgan fingerprint density at radius 1 is 1.21 bits per heavy atom. The number of aliphatic hydroxyl groups is 1. The van der Waals surface area contributed by atoms with Crippen LogP contribution in [-0.4, -0.2) is 64.7 Å². The maximum Gasteiger partial charge on any atom is 0.223 e. The number of benzene rings is 1. The van der Waals surface area contributed by atoms with Gasteiger partial charge in [0.25, 0.3) is 0 Å². The van der Waals surface area contributed by atoms with E-state index in [0.29, 0.717) is 19.3 Å². The highest BCUT2D eigenvalue weighted by Gasteiger charge is 2.73. The molecular weight excluding hydrogens is 428 g/mol. The van der Waals surface area contributed by atoms with Crippen molar-refractivity contribution in [1.82, 2.24) is 9.80 Å². The SMILES string of the molecule is CN(C(=O)CCc1ccco1)[C@H]1CC[C@@]2(O)[C@H]3Cc4cccc5c4[C@@]2(CCN3CC2CC2)[C@H]1O5. The minimum Gasteiger partial charge on any atom is -0.487 e. The molecule has 2 aromatic rings. The number of piperidine rings is 1. The first-order valence-electron chi connectivity index (χ1n) is 13.0. The van der Waals surface area contributed by atoms with Crippen LogP contribution in [0.3, 0.4) is 0 Å². The Morgan fingerprint density at radius 3 is 2.88 bits per heavy atom. The molecule has 3 aliphatic carbocycles. The van der Waals surface area contributed by atoms with Gasteiger partial charge in [-0.25, -0.2) is 0 Å². The molecule has 1 amide bonds. The summed E-state index contributed by atoms with van der Waals surface area (Å²) in [5.41, 5.74) is 1.34. The van der Waals surface area contributed by atoms with Gasteiger partial charge in [-0.1, -0.05) is 12.1 Å². The van der Waals surface area contributed by atoms with Gasteiger partial charge in [0, 0.05) is 38.0 Å². The highest BCUT2D eigenvalue weighted by molar-refractivity contribution is 5.76. The van der Waals surface area contributed by atoms with Gasteiger partial charge in [-0.15, -0.1) is 0 Å². The van der Waals surface area contributed by atoms with E-state index in [2.05, 4.69) is 23.1 Å². The Hall–Kier alpha value is -2.31. The predicted octanol–water partition coefficient (Wildman–Crippen LogP) is 3.30. The molecule has 7 rings (SSSR count). The van der Waals surface area contributed by atoms with Gasteiger partial charge in [0.15, 0.2) is 0 Å². The van der Waals surface area contributed by atoms with Crippen molar-refractivity contribution in [3.05, 3.63) is 53.5 Å². The molecule has 1 spiro atoms. The van der Waals surface area contributed by atoms with Crippen LogP contribution in [0.1, 0.15) is 55.4 Å². The monoisotopic (exact) mass is 462 g/mol. The predicted molar refractivity (Wildman–Crippen MR) is 127 cm³/mol. The number of ether oxygens (including phenoxy) is 1. The van der Waals surface area contributed by atoms with Crippen molar-refractivity contribution in [2.45, 2.75) is 80.6 Å². The summed E-state index contributed by atoms with van der Waals surface area (Å²) in [7, 11) is 1.92. The maximum absolute atomic E-state index is 13.3. The van der Waals surface area contributed by atoms with Gasteiger partial charge in [0.1, 0.15) is 17.6 Å². The van der Waals surface area contributed by atoms with Gasteiger partial charge in [-0.2, -0.15) is 0 Å². The van der Waals surface area contributed by atoms with Gasteiger partial charge < -0.3 is 19.2 Å². The van der Waals surface area contributed by atoms with E-state index in [1.807, 2.05) is 24.1 Å². The Kier molecular flexibility index (Phi) is 4.54. The number of carbonyl (C=O) groups excluding carboxylic acids is 1. The maximum atomic E-state index is 13.3. The van der Waals surface area contributed by atoms with E-state index in [4.69, 9.17) is 9.15 Å². The molecule has 1 aromatic heterocycles. The lowest BCUT2D eigenvalue weighted by Crippen LogP contribution is -2.78. The van der Waals surface area contributed by atoms with E-state index in [-0.39, 0.29) is 24.1 Å². The molecule has 34 heavy (non-hydrogen) atoms. The third-order valence-electron chi connectivity index (χ3n) is 9.69. The summed E-state index contributed by atoms with van der Waals surface area (Å²) in [6, 6.07) is 10.3. The molecule has 1 N–H and O–H groups in total. The second-order valence-electron chi connectivity index (χ2n) is 11.3.